The second kappa shape index (κ2) is 4.41. The summed E-state index contributed by atoms with van der Waals surface area (Å²) in [5.74, 6) is 0.432. The minimum atomic E-state index is -0.455. The molecule has 62 valence electrons. The summed E-state index contributed by atoms with van der Waals surface area (Å²) in [5.41, 5.74) is 0. The predicted octanol–water partition coefficient (Wildman–Crippen LogP) is 0.423. The van der Waals surface area contributed by atoms with Gasteiger partial charge in [0.1, 0.15) is 7.85 Å². The van der Waals surface area contributed by atoms with E-state index in [-0.39, 0.29) is 12.1 Å². The Kier molecular flexibility index (Phi) is 3.80. The zero-order valence-electron chi connectivity index (χ0n) is 6.49. The van der Waals surface area contributed by atoms with Crippen molar-refractivity contribution in [2.45, 2.75) is 25.5 Å². The van der Waals surface area contributed by atoms with Crippen LogP contribution in [0.25, 0.3) is 0 Å². The van der Waals surface area contributed by atoms with Crippen LogP contribution in [0.3, 0.4) is 0 Å². The Morgan fingerprint density at radius 1 is 1.82 bits per heavy atom. The van der Waals surface area contributed by atoms with Crippen molar-refractivity contribution < 1.29 is 14.2 Å². The molecule has 1 aliphatic heterocycles. The van der Waals surface area contributed by atoms with E-state index in [0.717, 1.165) is 6.42 Å². The van der Waals surface area contributed by atoms with E-state index in [0.29, 0.717) is 12.5 Å². The number of hydrogen-bond acceptors (Lipinski definition) is 3. The van der Waals surface area contributed by atoms with Crippen LogP contribution in [0.5, 0.6) is 0 Å². The molecule has 1 fully saturated rings. The Bertz CT molecular complexity index is 124. The van der Waals surface area contributed by atoms with Crippen molar-refractivity contribution in [3.8, 4) is 0 Å². The van der Waals surface area contributed by atoms with E-state index in [1.807, 2.05) is 0 Å². The summed E-state index contributed by atoms with van der Waals surface area (Å²) in [6.45, 7) is 2.52. The lowest BCUT2D eigenvalue weighted by molar-refractivity contribution is 0.0394. The number of rotatable bonds is 3. The van der Waals surface area contributed by atoms with Crippen molar-refractivity contribution in [1.29, 1.82) is 0 Å². The summed E-state index contributed by atoms with van der Waals surface area (Å²) in [6, 6.07) is -0.152. The number of ether oxygens (including phenoxy) is 1. The summed E-state index contributed by atoms with van der Waals surface area (Å²) in [6.07, 6.45) is 0.937. The maximum Gasteiger partial charge on any atom is 0.152 e. The molecule has 0 aromatic carbocycles. The molecule has 1 saturated heterocycles. The summed E-state index contributed by atoms with van der Waals surface area (Å²) < 4.78 is 10.2. The van der Waals surface area contributed by atoms with Crippen molar-refractivity contribution in [2.24, 2.45) is 5.92 Å². The first-order valence-electron chi connectivity index (χ1n) is 3.66. The molecule has 0 aromatic rings. The Balaban J connectivity index is 2.23. The average Bonchev–Trinajstić information content (AvgIpc) is 2.26. The van der Waals surface area contributed by atoms with Gasteiger partial charge in [-0.05, 0) is 12.3 Å². The monoisotopic (exact) mass is 174 g/mol. The van der Waals surface area contributed by atoms with Gasteiger partial charge < -0.3 is 14.2 Å². The van der Waals surface area contributed by atoms with E-state index in [1.54, 1.807) is 0 Å². The van der Waals surface area contributed by atoms with Gasteiger partial charge in [0.2, 0.25) is 0 Å². The summed E-state index contributed by atoms with van der Waals surface area (Å²) >= 11 is 0. The highest BCUT2D eigenvalue weighted by Gasteiger charge is 2.28. The van der Waals surface area contributed by atoms with Crippen LogP contribution in [0.4, 0.5) is 0 Å². The third-order valence-electron chi connectivity index (χ3n) is 1.90. The van der Waals surface area contributed by atoms with Crippen LogP contribution in [0, 0.1) is 5.92 Å². The molecule has 3 nitrogen and oxygen atoms in total. The van der Waals surface area contributed by atoms with Crippen LogP contribution in [-0.2, 0) is 9.26 Å². The van der Waals surface area contributed by atoms with Gasteiger partial charge in [0.15, 0.2) is 9.03 Å². The van der Waals surface area contributed by atoms with Crippen LogP contribution in [0.1, 0.15) is 13.3 Å². The van der Waals surface area contributed by atoms with Crippen LogP contribution >= 0.6 is 9.03 Å². The Labute approximate surface area is 69.8 Å². The molecule has 4 unspecified atom stereocenters. The first-order chi connectivity index (χ1) is 5.24. The van der Waals surface area contributed by atoms with Gasteiger partial charge in [-0.2, -0.15) is 0 Å². The molecule has 0 amide bonds. The van der Waals surface area contributed by atoms with Crippen LogP contribution in [0.2, 0.25) is 0 Å². The molecule has 1 heterocycles. The second-order valence-corrected chi connectivity index (χ2v) is 3.30. The Hall–Kier alpha value is 0.375. The molecule has 1 aliphatic rings. The molecule has 0 saturated carbocycles. The van der Waals surface area contributed by atoms with Gasteiger partial charge in [0, 0.05) is 6.00 Å². The highest BCUT2D eigenvalue weighted by atomic mass is 31.1. The molecule has 2 radical (unpaired) electrons. The van der Waals surface area contributed by atoms with Crippen molar-refractivity contribution in [3.63, 3.8) is 0 Å². The lowest BCUT2D eigenvalue weighted by atomic mass is 9.92. The van der Waals surface area contributed by atoms with Gasteiger partial charge in [-0.25, -0.2) is 0 Å². The van der Waals surface area contributed by atoms with Gasteiger partial charge in [-0.1, -0.05) is 6.92 Å². The maximum atomic E-state index is 8.40. The lowest BCUT2D eigenvalue weighted by Crippen LogP contribution is -2.19. The van der Waals surface area contributed by atoms with E-state index in [2.05, 4.69) is 6.92 Å². The van der Waals surface area contributed by atoms with Crippen molar-refractivity contribution in [3.05, 3.63) is 0 Å². The third kappa shape index (κ3) is 2.71. The molecule has 0 bridgehead atoms. The summed E-state index contributed by atoms with van der Waals surface area (Å²) in [5, 5.41) is 0. The van der Waals surface area contributed by atoms with Crippen LogP contribution in [-0.4, -0.2) is 31.5 Å². The largest absolute Gasteiger partial charge is 0.382 e. The zero-order chi connectivity index (χ0) is 8.27. The molecular weight excluding hydrogens is 162 g/mol. The highest BCUT2D eigenvalue weighted by Crippen LogP contribution is 2.25. The average molecular weight is 174 g/mol. The lowest BCUT2D eigenvalue weighted by Gasteiger charge is -2.13. The van der Waals surface area contributed by atoms with Crippen molar-refractivity contribution >= 4 is 16.9 Å². The van der Waals surface area contributed by atoms with E-state index in [4.69, 9.17) is 22.0 Å². The van der Waals surface area contributed by atoms with Gasteiger partial charge in [-0.15, -0.1) is 0 Å². The van der Waals surface area contributed by atoms with Crippen molar-refractivity contribution in [2.75, 3.05) is 6.61 Å². The molecule has 0 spiro atoms. The molecular formula is C6H12BO3P. The highest BCUT2D eigenvalue weighted by molar-refractivity contribution is 7.24. The summed E-state index contributed by atoms with van der Waals surface area (Å²) in [7, 11) is 5.09. The SMILES string of the molecule is [B]C1CC(C)C(COPO)O1. The van der Waals surface area contributed by atoms with E-state index < -0.39 is 9.03 Å². The Morgan fingerprint density at radius 3 is 3.00 bits per heavy atom. The van der Waals surface area contributed by atoms with Gasteiger partial charge in [0.25, 0.3) is 0 Å². The predicted molar refractivity (Wildman–Crippen MR) is 44.7 cm³/mol. The van der Waals surface area contributed by atoms with Crippen LogP contribution in [0.15, 0.2) is 0 Å². The standard InChI is InChI=1S/C6H12BO3P/c1-4-2-6(7)10-5(4)3-9-11-8/h4-6,8,11H,2-3H2,1H3. The smallest absolute Gasteiger partial charge is 0.152 e. The fraction of sp³-hybridized carbons (Fsp3) is 1.00. The molecule has 1 N–H and O–H groups in total. The Morgan fingerprint density at radius 2 is 2.55 bits per heavy atom. The zero-order valence-corrected chi connectivity index (χ0v) is 7.49. The molecule has 11 heavy (non-hydrogen) atoms. The van der Waals surface area contributed by atoms with E-state index in [9.17, 15) is 0 Å². The third-order valence-corrected chi connectivity index (χ3v) is 2.20. The fourth-order valence-corrected chi connectivity index (χ4v) is 1.49. The topological polar surface area (TPSA) is 38.7 Å². The van der Waals surface area contributed by atoms with Gasteiger partial charge in [-0.3, -0.25) is 0 Å². The molecule has 0 aliphatic carbocycles. The second-order valence-electron chi connectivity index (χ2n) is 2.83. The molecule has 1 rings (SSSR count). The van der Waals surface area contributed by atoms with Crippen molar-refractivity contribution in [1.82, 2.24) is 0 Å². The number of hydrogen-bond donors (Lipinski definition) is 1. The van der Waals surface area contributed by atoms with E-state index in [1.165, 1.54) is 0 Å². The van der Waals surface area contributed by atoms with Gasteiger partial charge in [0.05, 0.1) is 12.7 Å². The molecule has 0 aromatic heterocycles. The summed E-state index contributed by atoms with van der Waals surface area (Å²) in [4.78, 5) is 8.40. The van der Waals surface area contributed by atoms with Crippen LogP contribution < -0.4 is 0 Å². The van der Waals surface area contributed by atoms with Gasteiger partial charge >= 0.3 is 0 Å². The minimum absolute atomic E-state index is 0.0599. The molecule has 4 atom stereocenters. The van der Waals surface area contributed by atoms with E-state index >= 15 is 0 Å². The first kappa shape index (κ1) is 9.46. The first-order valence-corrected chi connectivity index (χ1v) is 4.51. The quantitative estimate of drug-likeness (QED) is 0.497. The molecule has 5 heteroatoms. The maximum absolute atomic E-state index is 8.40. The fourth-order valence-electron chi connectivity index (χ4n) is 1.26. The minimum Gasteiger partial charge on any atom is -0.382 e. The normalized spacial score (nSPS) is 38.9.